The van der Waals surface area contributed by atoms with E-state index in [1.807, 2.05) is 0 Å². The van der Waals surface area contributed by atoms with Gasteiger partial charge in [0.15, 0.2) is 0 Å². The van der Waals surface area contributed by atoms with Crippen LogP contribution in [0.25, 0.3) is 0 Å². The number of carbonyl (C=O) groups is 1. The van der Waals surface area contributed by atoms with Crippen molar-refractivity contribution in [3.8, 4) is 0 Å². The van der Waals surface area contributed by atoms with Crippen LogP contribution >= 0.6 is 0 Å². The van der Waals surface area contributed by atoms with Gasteiger partial charge < -0.3 is 4.74 Å². The van der Waals surface area contributed by atoms with E-state index in [2.05, 4.69) is 15.6 Å². The molecule has 0 atom stereocenters. The van der Waals surface area contributed by atoms with Crippen molar-refractivity contribution in [2.75, 3.05) is 19.8 Å². The van der Waals surface area contributed by atoms with Crippen molar-refractivity contribution in [3.63, 3.8) is 0 Å². The van der Waals surface area contributed by atoms with Gasteiger partial charge in [0, 0.05) is 13.1 Å². The number of hydrazine groups is 1. The van der Waals surface area contributed by atoms with E-state index in [4.69, 9.17) is 4.74 Å². The smallest absolute Gasteiger partial charge is 0.462 e. The molecule has 0 aliphatic carbocycles. The number of alkyl halides is 3. The molecule has 1 aromatic rings. The highest BCUT2D eigenvalue weighted by Crippen LogP contribution is 2.15. The van der Waals surface area contributed by atoms with Crippen LogP contribution in [0.3, 0.4) is 0 Å². The molecular weight excluding hydrogens is 289 g/mol. The average molecular weight is 306 g/mol. The molecule has 0 bridgehead atoms. The van der Waals surface area contributed by atoms with E-state index >= 15 is 0 Å². The van der Waals surface area contributed by atoms with Crippen molar-refractivity contribution < 1.29 is 27.4 Å². The summed E-state index contributed by atoms with van der Waals surface area (Å²) in [6.45, 7) is 1.98. The average Bonchev–Trinajstić information content (AvgIpc) is 2.42. The molecular formula is C13H17F3N2O3. The van der Waals surface area contributed by atoms with E-state index in [9.17, 15) is 18.0 Å². The van der Waals surface area contributed by atoms with E-state index < -0.39 is 13.0 Å². The van der Waals surface area contributed by atoms with Crippen LogP contribution in [0.15, 0.2) is 24.3 Å². The van der Waals surface area contributed by atoms with Gasteiger partial charge in [0.1, 0.15) is 0 Å². The minimum Gasteiger partial charge on any atom is -0.462 e. The first kappa shape index (κ1) is 17.4. The first-order valence-corrected chi connectivity index (χ1v) is 6.35. The van der Waals surface area contributed by atoms with Crippen LogP contribution in [0.1, 0.15) is 22.8 Å². The third-order valence-electron chi connectivity index (χ3n) is 2.38. The van der Waals surface area contributed by atoms with E-state index in [0.717, 1.165) is 5.56 Å². The second-order valence-corrected chi connectivity index (χ2v) is 3.99. The monoisotopic (exact) mass is 306 g/mol. The molecule has 0 amide bonds. The lowest BCUT2D eigenvalue weighted by molar-refractivity contribution is -0.323. The molecule has 1 aromatic carbocycles. The molecule has 0 unspecified atom stereocenters. The van der Waals surface area contributed by atoms with Crippen molar-refractivity contribution in [1.82, 2.24) is 10.9 Å². The molecule has 0 aromatic heterocycles. The summed E-state index contributed by atoms with van der Waals surface area (Å²) in [5, 5.41) is 0. The zero-order valence-electron chi connectivity index (χ0n) is 11.5. The zero-order chi connectivity index (χ0) is 15.7. The number of halogens is 3. The number of rotatable bonds is 8. The van der Waals surface area contributed by atoms with Crippen LogP contribution in [-0.4, -0.2) is 32.1 Å². The van der Waals surface area contributed by atoms with Crippen LogP contribution in [0.2, 0.25) is 0 Å². The largest absolute Gasteiger partial charge is 0.522 e. The lowest BCUT2D eigenvalue weighted by Crippen LogP contribution is -2.35. The molecule has 0 aliphatic heterocycles. The second-order valence-electron chi connectivity index (χ2n) is 3.99. The predicted octanol–water partition coefficient (Wildman–Crippen LogP) is 1.99. The lowest BCUT2D eigenvalue weighted by atomic mass is 10.1. The van der Waals surface area contributed by atoms with Gasteiger partial charge in [-0.2, -0.15) is 0 Å². The summed E-state index contributed by atoms with van der Waals surface area (Å²) < 4.78 is 43.5. The molecule has 0 saturated carbocycles. The summed E-state index contributed by atoms with van der Waals surface area (Å²) >= 11 is 0. The highest BCUT2D eigenvalue weighted by Gasteiger charge is 2.28. The molecule has 2 N–H and O–H groups in total. The number of hydrogen-bond acceptors (Lipinski definition) is 5. The molecule has 1 rings (SSSR count). The number of esters is 1. The minimum absolute atomic E-state index is 0.0143. The molecule has 0 saturated heterocycles. The summed E-state index contributed by atoms with van der Waals surface area (Å²) in [5.41, 5.74) is 6.66. The van der Waals surface area contributed by atoms with Crippen molar-refractivity contribution in [3.05, 3.63) is 35.4 Å². The molecule has 0 aliphatic rings. The van der Waals surface area contributed by atoms with Gasteiger partial charge >= 0.3 is 12.3 Å². The Hall–Kier alpha value is -1.64. The highest BCUT2D eigenvalue weighted by molar-refractivity contribution is 5.89. The molecule has 0 radical (unpaired) electrons. The Morgan fingerprint density at radius 2 is 1.86 bits per heavy atom. The van der Waals surface area contributed by atoms with E-state index in [0.29, 0.717) is 18.7 Å². The predicted molar refractivity (Wildman–Crippen MR) is 69.2 cm³/mol. The molecule has 0 heterocycles. The van der Waals surface area contributed by atoms with Gasteiger partial charge in [-0.05, 0) is 24.6 Å². The van der Waals surface area contributed by atoms with Crippen LogP contribution in [0, 0.1) is 0 Å². The van der Waals surface area contributed by atoms with Crippen molar-refractivity contribution in [2.45, 2.75) is 19.8 Å². The van der Waals surface area contributed by atoms with Crippen LogP contribution < -0.4 is 10.9 Å². The molecule has 0 spiro atoms. The Kier molecular flexibility index (Phi) is 7.13. The fourth-order valence-electron chi connectivity index (χ4n) is 1.44. The maximum absolute atomic E-state index is 11.7. The van der Waals surface area contributed by atoms with E-state index in [-0.39, 0.29) is 12.5 Å². The van der Waals surface area contributed by atoms with Crippen molar-refractivity contribution in [1.29, 1.82) is 0 Å². The van der Waals surface area contributed by atoms with Crippen LogP contribution in [-0.2, 0) is 16.0 Å². The summed E-state index contributed by atoms with van der Waals surface area (Å²) in [7, 11) is 0. The van der Waals surface area contributed by atoms with E-state index in [1.165, 1.54) is 0 Å². The van der Waals surface area contributed by atoms with Gasteiger partial charge in [-0.25, -0.2) is 4.79 Å². The van der Waals surface area contributed by atoms with Gasteiger partial charge in [0.2, 0.25) is 0 Å². The quantitative estimate of drug-likeness (QED) is 0.437. The van der Waals surface area contributed by atoms with Crippen molar-refractivity contribution >= 4 is 5.97 Å². The summed E-state index contributed by atoms with van der Waals surface area (Å²) in [5.74, 6) is -0.389. The Labute approximate surface area is 120 Å². The normalized spacial score (nSPS) is 11.4. The van der Waals surface area contributed by atoms with Crippen LogP contribution in [0.5, 0.6) is 0 Å². The summed E-state index contributed by atoms with van der Waals surface area (Å²) in [6.07, 6.45) is -4.61. The third kappa shape index (κ3) is 7.64. The van der Waals surface area contributed by atoms with Gasteiger partial charge in [-0.3, -0.25) is 15.6 Å². The number of carbonyl (C=O) groups excluding carboxylic acids is 1. The molecule has 0 fully saturated rings. The highest BCUT2D eigenvalue weighted by atomic mass is 19.4. The lowest BCUT2D eigenvalue weighted by Gasteiger charge is -2.09. The van der Waals surface area contributed by atoms with Crippen molar-refractivity contribution in [2.24, 2.45) is 0 Å². The fourth-order valence-corrected chi connectivity index (χ4v) is 1.44. The SMILES string of the molecule is CCOC(=O)c1ccc(CNNCCOC(F)(F)F)cc1. The van der Waals surface area contributed by atoms with Gasteiger partial charge in [-0.15, -0.1) is 13.2 Å². The Morgan fingerprint density at radius 1 is 1.19 bits per heavy atom. The topological polar surface area (TPSA) is 59.6 Å². The molecule has 8 heteroatoms. The number of benzene rings is 1. The van der Waals surface area contributed by atoms with Gasteiger partial charge in [-0.1, -0.05) is 12.1 Å². The number of nitrogens with one attached hydrogen (secondary N) is 2. The van der Waals surface area contributed by atoms with Crippen LogP contribution in [0.4, 0.5) is 13.2 Å². The Balaban J connectivity index is 2.22. The zero-order valence-corrected chi connectivity index (χ0v) is 11.5. The first-order valence-electron chi connectivity index (χ1n) is 6.35. The minimum atomic E-state index is -4.61. The molecule has 5 nitrogen and oxygen atoms in total. The maximum atomic E-state index is 11.7. The Bertz CT molecular complexity index is 435. The maximum Gasteiger partial charge on any atom is 0.522 e. The number of ether oxygens (including phenoxy) is 2. The molecule has 118 valence electrons. The van der Waals surface area contributed by atoms with Gasteiger partial charge in [0.25, 0.3) is 0 Å². The Morgan fingerprint density at radius 3 is 2.43 bits per heavy atom. The van der Waals surface area contributed by atoms with Gasteiger partial charge in [0.05, 0.1) is 18.8 Å². The molecule has 21 heavy (non-hydrogen) atoms. The summed E-state index contributed by atoms with van der Waals surface area (Å²) in [4.78, 5) is 11.4. The fraction of sp³-hybridized carbons (Fsp3) is 0.462. The summed E-state index contributed by atoms with van der Waals surface area (Å²) in [6, 6.07) is 6.71. The number of hydrogen-bond donors (Lipinski definition) is 2. The standard InChI is InChI=1S/C13H17F3N2O3/c1-2-20-12(19)11-5-3-10(4-6-11)9-18-17-7-8-21-13(14,15)16/h3-6,17-18H,2,7-9H2,1H3. The van der Waals surface area contributed by atoms with E-state index in [1.54, 1.807) is 31.2 Å². The third-order valence-corrected chi connectivity index (χ3v) is 2.38. The second kappa shape index (κ2) is 8.60. The first-order chi connectivity index (χ1) is 9.92.